The lowest BCUT2D eigenvalue weighted by atomic mass is 10.1. The average molecular weight is 108 g/mol. The molecular weight excluding hydrogens is 96.1 g/mol. The van der Waals surface area contributed by atoms with Crippen molar-refractivity contribution >= 4 is 0 Å². The van der Waals surface area contributed by atoms with Gasteiger partial charge in [0.25, 0.3) is 0 Å². The van der Waals surface area contributed by atoms with E-state index in [1.807, 2.05) is 0 Å². The minimum Gasteiger partial charge on any atom is -0.120 e. The Kier molecular flexibility index (Phi) is 1.97. The maximum Gasteiger partial charge on any atom is 0.0114 e. The van der Waals surface area contributed by atoms with Crippen LogP contribution >= 0.6 is 0 Å². The molecule has 1 aliphatic carbocycles. The maximum absolute atomic E-state index is 5.16. The van der Waals surface area contributed by atoms with Gasteiger partial charge in [-0.05, 0) is 18.8 Å². The molecule has 0 unspecified atom stereocenters. The molecule has 0 heterocycles. The highest BCUT2D eigenvalue weighted by molar-refractivity contribution is 4.88. The first-order chi connectivity index (χ1) is 3.93. The first-order valence-electron chi connectivity index (χ1n) is 3.37. The van der Waals surface area contributed by atoms with E-state index in [2.05, 4.69) is 5.92 Å². The van der Waals surface area contributed by atoms with Gasteiger partial charge in [0, 0.05) is 6.42 Å². The van der Waals surface area contributed by atoms with Crippen molar-refractivity contribution in [2.24, 2.45) is 5.92 Å². The predicted octanol–water partition coefficient (Wildman–Crippen LogP) is 2.20. The average Bonchev–Trinajstić information content (AvgIpc) is 2.19. The molecule has 0 spiro atoms. The van der Waals surface area contributed by atoms with E-state index >= 15 is 0 Å². The molecule has 0 aromatic rings. The van der Waals surface area contributed by atoms with Crippen LogP contribution in [-0.2, 0) is 0 Å². The van der Waals surface area contributed by atoms with E-state index in [0.717, 1.165) is 12.3 Å². The summed E-state index contributed by atoms with van der Waals surface area (Å²) in [6.07, 6.45) is 11.7. The monoisotopic (exact) mass is 108 g/mol. The Morgan fingerprint density at radius 1 is 1.38 bits per heavy atom. The molecule has 0 heteroatoms. The number of rotatable bonds is 1. The second-order valence-electron chi connectivity index (χ2n) is 2.56. The van der Waals surface area contributed by atoms with Crippen molar-refractivity contribution in [3.05, 3.63) is 0 Å². The summed E-state index contributed by atoms with van der Waals surface area (Å²) in [5.41, 5.74) is 0. The van der Waals surface area contributed by atoms with E-state index in [4.69, 9.17) is 6.42 Å². The smallest absolute Gasteiger partial charge is 0.0114 e. The van der Waals surface area contributed by atoms with E-state index in [0.29, 0.717) is 0 Å². The van der Waals surface area contributed by atoms with Crippen molar-refractivity contribution in [1.29, 1.82) is 0 Å². The summed E-state index contributed by atoms with van der Waals surface area (Å²) in [5.74, 6) is 3.58. The van der Waals surface area contributed by atoms with Crippen LogP contribution in [-0.4, -0.2) is 0 Å². The van der Waals surface area contributed by atoms with Crippen LogP contribution in [0.5, 0.6) is 0 Å². The van der Waals surface area contributed by atoms with E-state index < -0.39 is 0 Å². The highest BCUT2D eigenvalue weighted by atomic mass is 14.2. The lowest BCUT2D eigenvalue weighted by Crippen LogP contribution is -1.88. The summed E-state index contributed by atoms with van der Waals surface area (Å²) >= 11 is 0. The Bertz CT molecular complexity index is 91.1. The van der Waals surface area contributed by atoms with Crippen molar-refractivity contribution in [1.82, 2.24) is 0 Å². The fourth-order valence-corrected chi connectivity index (χ4v) is 1.38. The minimum absolute atomic E-state index is 0.875. The molecule has 0 aromatic heterocycles. The molecule has 1 aliphatic rings. The van der Waals surface area contributed by atoms with Crippen LogP contribution in [0, 0.1) is 18.3 Å². The van der Waals surface area contributed by atoms with Crippen molar-refractivity contribution in [3.8, 4) is 12.3 Å². The van der Waals surface area contributed by atoms with E-state index in [1.165, 1.54) is 25.7 Å². The fourth-order valence-electron chi connectivity index (χ4n) is 1.38. The molecule has 0 saturated heterocycles. The van der Waals surface area contributed by atoms with Crippen LogP contribution in [0.3, 0.4) is 0 Å². The number of terminal acetylenes is 1. The molecule has 8 heavy (non-hydrogen) atoms. The summed E-state index contributed by atoms with van der Waals surface area (Å²) in [6, 6.07) is 0. The van der Waals surface area contributed by atoms with Crippen LogP contribution in [0.25, 0.3) is 0 Å². The molecule has 0 aliphatic heterocycles. The van der Waals surface area contributed by atoms with Gasteiger partial charge in [-0.1, -0.05) is 12.8 Å². The molecule has 1 rings (SSSR count). The van der Waals surface area contributed by atoms with Gasteiger partial charge in [-0.2, -0.15) is 0 Å². The molecule has 0 amide bonds. The Balaban J connectivity index is 2.17. The van der Waals surface area contributed by atoms with Crippen LogP contribution in [0.2, 0.25) is 0 Å². The van der Waals surface area contributed by atoms with Gasteiger partial charge in [0.2, 0.25) is 0 Å². The third kappa shape index (κ3) is 1.26. The van der Waals surface area contributed by atoms with Gasteiger partial charge in [-0.3, -0.25) is 0 Å². The van der Waals surface area contributed by atoms with Crippen molar-refractivity contribution < 1.29 is 0 Å². The molecule has 0 radical (unpaired) electrons. The Morgan fingerprint density at radius 3 is 2.50 bits per heavy atom. The van der Waals surface area contributed by atoms with Gasteiger partial charge in [0.05, 0.1) is 0 Å². The second-order valence-corrected chi connectivity index (χ2v) is 2.56. The third-order valence-corrected chi connectivity index (χ3v) is 1.88. The molecule has 1 saturated carbocycles. The van der Waals surface area contributed by atoms with Gasteiger partial charge < -0.3 is 0 Å². The maximum atomic E-state index is 5.16. The normalized spacial score (nSPS) is 20.9. The van der Waals surface area contributed by atoms with Crippen molar-refractivity contribution in [3.63, 3.8) is 0 Å². The van der Waals surface area contributed by atoms with E-state index in [-0.39, 0.29) is 0 Å². The number of hydrogen-bond donors (Lipinski definition) is 0. The molecular formula is C8H12. The van der Waals surface area contributed by atoms with Crippen LogP contribution in [0.1, 0.15) is 32.1 Å². The topological polar surface area (TPSA) is 0 Å². The number of hydrogen-bond acceptors (Lipinski definition) is 0. The van der Waals surface area contributed by atoms with Gasteiger partial charge in [-0.25, -0.2) is 0 Å². The largest absolute Gasteiger partial charge is 0.120 e. The minimum atomic E-state index is 0.875. The molecule has 0 bridgehead atoms. The van der Waals surface area contributed by atoms with Gasteiger partial charge in [0.1, 0.15) is 0 Å². The standard InChI is InChI=1S/C8H12/c1-2-5-8-6-3-4-7-8/h1,8H,3-7H2. The Morgan fingerprint density at radius 2 is 2.00 bits per heavy atom. The van der Waals surface area contributed by atoms with Crippen molar-refractivity contribution in [2.75, 3.05) is 0 Å². The fraction of sp³-hybridized carbons (Fsp3) is 0.750. The van der Waals surface area contributed by atoms with Crippen LogP contribution in [0.4, 0.5) is 0 Å². The Hall–Kier alpha value is -0.440. The molecule has 44 valence electrons. The van der Waals surface area contributed by atoms with Gasteiger partial charge in [0.15, 0.2) is 0 Å². The quantitative estimate of drug-likeness (QED) is 0.452. The van der Waals surface area contributed by atoms with Crippen LogP contribution in [0.15, 0.2) is 0 Å². The van der Waals surface area contributed by atoms with Crippen molar-refractivity contribution in [2.45, 2.75) is 32.1 Å². The Labute approximate surface area is 51.3 Å². The zero-order valence-electron chi connectivity index (χ0n) is 5.19. The second kappa shape index (κ2) is 2.77. The van der Waals surface area contributed by atoms with Crippen LogP contribution < -0.4 is 0 Å². The highest BCUT2D eigenvalue weighted by Crippen LogP contribution is 2.26. The van der Waals surface area contributed by atoms with E-state index in [9.17, 15) is 0 Å². The highest BCUT2D eigenvalue weighted by Gasteiger charge is 2.12. The summed E-state index contributed by atoms with van der Waals surface area (Å²) in [7, 11) is 0. The van der Waals surface area contributed by atoms with Gasteiger partial charge >= 0.3 is 0 Å². The SMILES string of the molecule is C#CCC1CCCC1. The zero-order valence-corrected chi connectivity index (χ0v) is 5.19. The third-order valence-electron chi connectivity index (χ3n) is 1.88. The summed E-state index contributed by atoms with van der Waals surface area (Å²) in [6.45, 7) is 0. The lowest BCUT2D eigenvalue weighted by molar-refractivity contribution is 0.567. The molecule has 1 fully saturated rings. The zero-order chi connectivity index (χ0) is 5.82. The summed E-state index contributed by atoms with van der Waals surface area (Å²) < 4.78 is 0. The first kappa shape index (κ1) is 5.69. The van der Waals surface area contributed by atoms with Gasteiger partial charge in [-0.15, -0.1) is 12.3 Å². The first-order valence-corrected chi connectivity index (χ1v) is 3.37. The summed E-state index contributed by atoms with van der Waals surface area (Å²) in [4.78, 5) is 0. The van der Waals surface area contributed by atoms with E-state index in [1.54, 1.807) is 0 Å². The summed E-state index contributed by atoms with van der Waals surface area (Å²) in [5, 5.41) is 0. The molecule has 0 nitrogen and oxygen atoms in total. The lowest BCUT2D eigenvalue weighted by Gasteiger charge is -1.99. The molecule has 0 atom stereocenters. The molecule has 0 N–H and O–H groups in total. The molecule has 0 aromatic carbocycles. The predicted molar refractivity (Wildman–Crippen MR) is 35.4 cm³/mol.